The Balaban J connectivity index is 1.80. The lowest BCUT2D eigenvalue weighted by Crippen LogP contribution is -1.99. The number of carbonyl (C=O) groups is 1. The van der Waals surface area contributed by atoms with Crippen molar-refractivity contribution in [3.05, 3.63) is 58.1 Å². The summed E-state index contributed by atoms with van der Waals surface area (Å²) in [4.78, 5) is 15.2. The molecule has 106 valence electrons. The minimum absolute atomic E-state index is 0.178. The van der Waals surface area contributed by atoms with Crippen molar-refractivity contribution in [1.82, 2.24) is 4.98 Å². The predicted octanol–water partition coefficient (Wildman–Crippen LogP) is 3.90. The first-order chi connectivity index (χ1) is 10.1. The van der Waals surface area contributed by atoms with Crippen LogP contribution in [0.4, 0.5) is 6.01 Å². The molecule has 0 atom stereocenters. The molecule has 0 aliphatic carbocycles. The van der Waals surface area contributed by atoms with E-state index in [-0.39, 0.29) is 5.56 Å². The standard InChI is InChI=1S/C15H11BrN2O3/c16-11-3-1-2-9(6-11)8-17-15-18-12-5-4-10(14(19)20)7-13(12)21-15/h1-7H,8H2,(H,17,18)(H,19,20). The summed E-state index contributed by atoms with van der Waals surface area (Å²) in [6.45, 7) is 0.568. The molecule has 21 heavy (non-hydrogen) atoms. The number of oxazole rings is 1. The van der Waals surface area contributed by atoms with Gasteiger partial charge >= 0.3 is 5.97 Å². The fourth-order valence-electron chi connectivity index (χ4n) is 1.96. The molecule has 3 aromatic rings. The number of fused-ring (bicyclic) bond motifs is 1. The van der Waals surface area contributed by atoms with Crippen LogP contribution in [0.15, 0.2) is 51.4 Å². The molecule has 0 unspecified atom stereocenters. The summed E-state index contributed by atoms with van der Waals surface area (Å²) in [6.07, 6.45) is 0. The molecule has 1 aromatic heterocycles. The van der Waals surface area contributed by atoms with Gasteiger partial charge in [-0.25, -0.2) is 4.79 Å². The second-order valence-corrected chi connectivity index (χ2v) is 5.41. The van der Waals surface area contributed by atoms with Crippen LogP contribution in [0.5, 0.6) is 0 Å². The van der Waals surface area contributed by atoms with Gasteiger partial charge in [0, 0.05) is 11.0 Å². The lowest BCUT2D eigenvalue weighted by atomic mass is 10.2. The maximum atomic E-state index is 10.9. The molecule has 0 radical (unpaired) electrons. The first kappa shape index (κ1) is 13.6. The van der Waals surface area contributed by atoms with Gasteiger partial charge in [0.25, 0.3) is 6.01 Å². The van der Waals surface area contributed by atoms with Gasteiger partial charge in [-0.1, -0.05) is 28.1 Å². The van der Waals surface area contributed by atoms with Gasteiger partial charge in [0.1, 0.15) is 5.52 Å². The fraction of sp³-hybridized carbons (Fsp3) is 0.0667. The molecule has 0 bridgehead atoms. The number of hydrogen-bond donors (Lipinski definition) is 2. The van der Waals surface area contributed by atoms with Gasteiger partial charge in [-0.2, -0.15) is 4.98 Å². The summed E-state index contributed by atoms with van der Waals surface area (Å²) in [5, 5.41) is 12.0. The van der Waals surface area contributed by atoms with Crippen molar-refractivity contribution in [2.24, 2.45) is 0 Å². The number of aromatic nitrogens is 1. The van der Waals surface area contributed by atoms with Crippen molar-refractivity contribution < 1.29 is 14.3 Å². The Morgan fingerprint density at radius 1 is 1.29 bits per heavy atom. The Labute approximate surface area is 128 Å². The molecule has 0 saturated carbocycles. The summed E-state index contributed by atoms with van der Waals surface area (Å²) in [5.74, 6) is -0.989. The molecule has 2 N–H and O–H groups in total. The molecule has 2 aromatic carbocycles. The molecule has 0 aliphatic rings. The van der Waals surface area contributed by atoms with Crippen LogP contribution >= 0.6 is 15.9 Å². The number of anilines is 1. The second-order valence-electron chi connectivity index (χ2n) is 4.49. The number of rotatable bonds is 4. The van der Waals surface area contributed by atoms with Crippen LogP contribution in [0.2, 0.25) is 0 Å². The Morgan fingerprint density at radius 2 is 2.14 bits per heavy atom. The minimum Gasteiger partial charge on any atom is -0.478 e. The number of carboxylic acid groups (broad SMARTS) is 1. The van der Waals surface area contributed by atoms with Gasteiger partial charge in [-0.3, -0.25) is 0 Å². The number of nitrogens with one attached hydrogen (secondary N) is 1. The van der Waals surface area contributed by atoms with Gasteiger partial charge in [-0.15, -0.1) is 0 Å². The highest BCUT2D eigenvalue weighted by Crippen LogP contribution is 2.21. The second kappa shape index (κ2) is 5.57. The van der Waals surface area contributed by atoms with E-state index in [2.05, 4.69) is 26.2 Å². The maximum Gasteiger partial charge on any atom is 0.335 e. The summed E-state index contributed by atoms with van der Waals surface area (Å²) >= 11 is 3.42. The number of hydrogen-bond acceptors (Lipinski definition) is 4. The normalized spacial score (nSPS) is 10.7. The molecule has 0 aliphatic heterocycles. The van der Waals surface area contributed by atoms with Crippen LogP contribution in [0.25, 0.3) is 11.1 Å². The average molecular weight is 347 g/mol. The molecular formula is C15H11BrN2O3. The largest absolute Gasteiger partial charge is 0.478 e. The lowest BCUT2D eigenvalue weighted by molar-refractivity contribution is 0.0697. The smallest absolute Gasteiger partial charge is 0.335 e. The van der Waals surface area contributed by atoms with E-state index in [1.807, 2.05) is 24.3 Å². The molecule has 0 amide bonds. The van der Waals surface area contributed by atoms with E-state index in [1.54, 1.807) is 6.07 Å². The number of halogens is 1. The zero-order valence-corrected chi connectivity index (χ0v) is 12.4. The molecule has 5 nitrogen and oxygen atoms in total. The van der Waals surface area contributed by atoms with E-state index in [1.165, 1.54) is 12.1 Å². The van der Waals surface area contributed by atoms with Gasteiger partial charge < -0.3 is 14.8 Å². The first-order valence-corrected chi connectivity index (χ1v) is 7.03. The number of aromatic carboxylic acids is 1. The lowest BCUT2D eigenvalue weighted by Gasteiger charge is -2.02. The fourth-order valence-corrected chi connectivity index (χ4v) is 2.40. The Bertz CT molecular complexity index is 814. The third-order valence-corrected chi connectivity index (χ3v) is 3.46. The predicted molar refractivity (Wildman–Crippen MR) is 82.4 cm³/mol. The number of nitrogens with zero attached hydrogens (tertiary/aromatic N) is 1. The molecule has 1 heterocycles. The molecule has 3 rings (SSSR count). The van der Waals surface area contributed by atoms with E-state index in [0.717, 1.165) is 10.0 Å². The molecular weight excluding hydrogens is 336 g/mol. The van der Waals surface area contributed by atoms with Crippen LogP contribution in [0.1, 0.15) is 15.9 Å². The van der Waals surface area contributed by atoms with Crippen molar-refractivity contribution >= 4 is 39.0 Å². The number of benzene rings is 2. The molecule has 0 saturated heterocycles. The SMILES string of the molecule is O=C(O)c1ccc2nc(NCc3cccc(Br)c3)oc2c1. The maximum absolute atomic E-state index is 10.9. The molecule has 0 spiro atoms. The van der Waals surface area contributed by atoms with Crippen LogP contribution in [-0.2, 0) is 6.54 Å². The third kappa shape index (κ3) is 3.05. The first-order valence-electron chi connectivity index (χ1n) is 6.24. The van der Waals surface area contributed by atoms with Gasteiger partial charge in [0.15, 0.2) is 5.58 Å². The molecule has 6 heteroatoms. The Hall–Kier alpha value is -2.34. The monoisotopic (exact) mass is 346 g/mol. The third-order valence-electron chi connectivity index (χ3n) is 2.97. The highest BCUT2D eigenvalue weighted by molar-refractivity contribution is 9.10. The van der Waals surface area contributed by atoms with Crippen molar-refractivity contribution in [3.63, 3.8) is 0 Å². The van der Waals surface area contributed by atoms with E-state index in [0.29, 0.717) is 23.7 Å². The van der Waals surface area contributed by atoms with Crippen molar-refractivity contribution in [3.8, 4) is 0 Å². The van der Waals surface area contributed by atoms with Crippen molar-refractivity contribution in [1.29, 1.82) is 0 Å². The van der Waals surface area contributed by atoms with Crippen molar-refractivity contribution in [2.75, 3.05) is 5.32 Å². The van der Waals surface area contributed by atoms with Crippen LogP contribution in [0, 0.1) is 0 Å². The summed E-state index contributed by atoms with van der Waals surface area (Å²) in [5.41, 5.74) is 2.33. The Morgan fingerprint density at radius 3 is 2.90 bits per heavy atom. The van der Waals surface area contributed by atoms with Gasteiger partial charge in [0.05, 0.1) is 5.56 Å². The van der Waals surface area contributed by atoms with Gasteiger partial charge in [0.2, 0.25) is 0 Å². The highest BCUT2D eigenvalue weighted by Gasteiger charge is 2.09. The number of carboxylic acids is 1. The Kier molecular flexibility index (Phi) is 3.62. The topological polar surface area (TPSA) is 75.4 Å². The summed E-state index contributed by atoms with van der Waals surface area (Å²) < 4.78 is 6.52. The van der Waals surface area contributed by atoms with Crippen molar-refractivity contribution in [2.45, 2.75) is 6.54 Å². The van der Waals surface area contributed by atoms with Crippen LogP contribution in [-0.4, -0.2) is 16.1 Å². The van der Waals surface area contributed by atoms with E-state index >= 15 is 0 Å². The molecule has 0 fully saturated rings. The van der Waals surface area contributed by atoms with E-state index in [9.17, 15) is 4.79 Å². The quantitative estimate of drug-likeness (QED) is 0.749. The van der Waals surface area contributed by atoms with Gasteiger partial charge in [-0.05, 0) is 35.9 Å². The van der Waals surface area contributed by atoms with Crippen LogP contribution in [0.3, 0.4) is 0 Å². The highest BCUT2D eigenvalue weighted by atomic mass is 79.9. The van der Waals surface area contributed by atoms with Crippen LogP contribution < -0.4 is 5.32 Å². The summed E-state index contributed by atoms with van der Waals surface area (Å²) in [6, 6.07) is 12.9. The van der Waals surface area contributed by atoms with E-state index in [4.69, 9.17) is 9.52 Å². The average Bonchev–Trinajstić information content (AvgIpc) is 2.87. The zero-order chi connectivity index (χ0) is 14.8. The minimum atomic E-state index is -0.989. The zero-order valence-electron chi connectivity index (χ0n) is 10.8. The summed E-state index contributed by atoms with van der Waals surface area (Å²) in [7, 11) is 0. The van der Waals surface area contributed by atoms with E-state index < -0.39 is 5.97 Å².